The highest BCUT2D eigenvalue weighted by Gasteiger charge is 2.04. The van der Waals surface area contributed by atoms with Gasteiger partial charge in [-0.2, -0.15) is 5.10 Å². The van der Waals surface area contributed by atoms with Gasteiger partial charge < -0.3 is 10.1 Å². The predicted molar refractivity (Wildman–Crippen MR) is 86.3 cm³/mol. The van der Waals surface area contributed by atoms with Gasteiger partial charge in [0.15, 0.2) is 0 Å². The summed E-state index contributed by atoms with van der Waals surface area (Å²) in [5.74, 6) is 1.32. The number of ether oxygens (including phenoxy) is 1. The van der Waals surface area contributed by atoms with E-state index in [9.17, 15) is 4.79 Å². The lowest BCUT2D eigenvalue weighted by Gasteiger charge is -2.08. The predicted octanol–water partition coefficient (Wildman–Crippen LogP) is 3.02. The van der Waals surface area contributed by atoms with Gasteiger partial charge in [0, 0.05) is 5.69 Å². The Kier molecular flexibility index (Phi) is 4.33. The van der Waals surface area contributed by atoms with Crippen LogP contribution in [0.25, 0.3) is 0 Å². The number of aromatic nitrogens is 3. The van der Waals surface area contributed by atoms with E-state index in [-0.39, 0.29) is 12.5 Å². The second-order valence-electron chi connectivity index (χ2n) is 5.08. The van der Waals surface area contributed by atoms with Crippen LogP contribution in [0.15, 0.2) is 61.2 Å². The summed E-state index contributed by atoms with van der Waals surface area (Å²) in [6.07, 6.45) is 2.89. The Balaban J connectivity index is 1.58. The number of nitrogens with one attached hydrogen (secondary N) is 1. The summed E-state index contributed by atoms with van der Waals surface area (Å²) in [5, 5.41) is 6.69. The van der Waals surface area contributed by atoms with E-state index < -0.39 is 0 Å². The summed E-state index contributed by atoms with van der Waals surface area (Å²) in [5.41, 5.74) is 1.88. The van der Waals surface area contributed by atoms with Crippen LogP contribution in [-0.4, -0.2) is 20.7 Å². The minimum Gasteiger partial charge on any atom is -0.457 e. The highest BCUT2D eigenvalue weighted by Crippen LogP contribution is 2.23. The first-order chi connectivity index (χ1) is 11.2. The van der Waals surface area contributed by atoms with Crippen molar-refractivity contribution in [1.82, 2.24) is 14.8 Å². The van der Waals surface area contributed by atoms with Crippen LogP contribution in [0.2, 0.25) is 0 Å². The van der Waals surface area contributed by atoms with Gasteiger partial charge in [-0.1, -0.05) is 17.7 Å². The van der Waals surface area contributed by atoms with E-state index in [0.29, 0.717) is 11.4 Å². The second-order valence-corrected chi connectivity index (χ2v) is 5.08. The number of benzene rings is 2. The Bertz CT molecular complexity index is 765. The Morgan fingerprint density at radius 1 is 1.09 bits per heavy atom. The normalized spacial score (nSPS) is 10.3. The van der Waals surface area contributed by atoms with Crippen LogP contribution in [0.5, 0.6) is 11.5 Å². The zero-order valence-corrected chi connectivity index (χ0v) is 12.6. The highest BCUT2D eigenvalue weighted by molar-refractivity contribution is 5.90. The third-order valence-corrected chi connectivity index (χ3v) is 3.17. The van der Waals surface area contributed by atoms with Crippen molar-refractivity contribution in [3.8, 4) is 11.5 Å². The molecular weight excluding hydrogens is 292 g/mol. The maximum atomic E-state index is 11.9. The lowest BCUT2D eigenvalue weighted by molar-refractivity contribution is -0.116. The zero-order valence-electron chi connectivity index (χ0n) is 12.6. The third-order valence-electron chi connectivity index (χ3n) is 3.17. The van der Waals surface area contributed by atoms with Gasteiger partial charge in [-0.05, 0) is 43.3 Å². The molecule has 23 heavy (non-hydrogen) atoms. The molecule has 0 aliphatic rings. The summed E-state index contributed by atoms with van der Waals surface area (Å²) in [6, 6.07) is 15.0. The highest BCUT2D eigenvalue weighted by atomic mass is 16.5. The van der Waals surface area contributed by atoms with Crippen molar-refractivity contribution < 1.29 is 9.53 Å². The lowest BCUT2D eigenvalue weighted by atomic mass is 10.2. The summed E-state index contributed by atoms with van der Waals surface area (Å²) in [4.78, 5) is 15.7. The number of aryl methyl sites for hydroxylation is 1. The second kappa shape index (κ2) is 6.74. The SMILES string of the molecule is Cc1ccc(Oc2ccc(NC(=O)Cn3cncn3)cc2)cc1. The molecule has 1 heterocycles. The molecule has 3 aromatic rings. The fourth-order valence-electron chi connectivity index (χ4n) is 2.01. The molecule has 6 nitrogen and oxygen atoms in total. The van der Waals surface area contributed by atoms with Gasteiger partial charge in [-0.25, -0.2) is 9.67 Å². The fourth-order valence-corrected chi connectivity index (χ4v) is 2.01. The monoisotopic (exact) mass is 308 g/mol. The lowest BCUT2D eigenvalue weighted by Crippen LogP contribution is -2.18. The molecule has 1 aromatic heterocycles. The number of anilines is 1. The molecule has 0 bridgehead atoms. The van der Waals surface area contributed by atoms with E-state index in [1.807, 2.05) is 43.3 Å². The van der Waals surface area contributed by atoms with Gasteiger partial charge in [0.1, 0.15) is 30.7 Å². The number of hydrogen-bond acceptors (Lipinski definition) is 4. The molecule has 116 valence electrons. The van der Waals surface area contributed by atoms with Crippen molar-refractivity contribution >= 4 is 11.6 Å². The van der Waals surface area contributed by atoms with Crippen LogP contribution >= 0.6 is 0 Å². The molecule has 0 radical (unpaired) electrons. The van der Waals surface area contributed by atoms with Gasteiger partial charge in [0.2, 0.25) is 5.91 Å². The Hall–Kier alpha value is -3.15. The smallest absolute Gasteiger partial charge is 0.246 e. The van der Waals surface area contributed by atoms with Gasteiger partial charge in [0.25, 0.3) is 0 Å². The van der Waals surface area contributed by atoms with E-state index >= 15 is 0 Å². The maximum absolute atomic E-state index is 11.9. The van der Waals surface area contributed by atoms with Crippen LogP contribution in [-0.2, 0) is 11.3 Å². The average Bonchev–Trinajstić information content (AvgIpc) is 3.04. The van der Waals surface area contributed by atoms with Crippen LogP contribution < -0.4 is 10.1 Å². The summed E-state index contributed by atoms with van der Waals surface area (Å²) < 4.78 is 7.21. The molecule has 6 heteroatoms. The van der Waals surface area contributed by atoms with Gasteiger partial charge in [-0.3, -0.25) is 4.79 Å². The first-order valence-corrected chi connectivity index (χ1v) is 7.16. The first kappa shape index (κ1) is 14.8. The largest absolute Gasteiger partial charge is 0.457 e. The Morgan fingerprint density at radius 3 is 2.35 bits per heavy atom. The molecular formula is C17H16N4O2. The minimum absolute atomic E-state index is 0.127. The quantitative estimate of drug-likeness (QED) is 0.786. The molecule has 0 saturated carbocycles. The van der Waals surface area contributed by atoms with E-state index in [2.05, 4.69) is 15.4 Å². The van der Waals surface area contributed by atoms with Crippen molar-refractivity contribution in [1.29, 1.82) is 0 Å². The van der Waals surface area contributed by atoms with Crippen molar-refractivity contribution in [3.05, 3.63) is 66.7 Å². The molecule has 0 atom stereocenters. The molecule has 1 amide bonds. The molecule has 0 saturated heterocycles. The summed E-state index contributed by atoms with van der Waals surface area (Å²) in [6.45, 7) is 2.15. The van der Waals surface area contributed by atoms with Crippen LogP contribution in [0.4, 0.5) is 5.69 Å². The Morgan fingerprint density at radius 2 is 1.74 bits per heavy atom. The first-order valence-electron chi connectivity index (χ1n) is 7.16. The standard InChI is InChI=1S/C17H16N4O2/c1-13-2-6-15(7-3-13)23-16-8-4-14(5-9-16)20-17(22)10-21-12-18-11-19-21/h2-9,11-12H,10H2,1H3,(H,20,22). The van der Waals surface area contributed by atoms with Crippen molar-refractivity contribution in [3.63, 3.8) is 0 Å². The van der Waals surface area contributed by atoms with Crippen LogP contribution in [0.1, 0.15) is 5.56 Å². The summed E-state index contributed by atoms with van der Waals surface area (Å²) >= 11 is 0. The third kappa shape index (κ3) is 4.16. The number of rotatable bonds is 5. The number of hydrogen-bond donors (Lipinski definition) is 1. The number of carbonyl (C=O) groups excluding carboxylic acids is 1. The molecule has 1 N–H and O–H groups in total. The van der Waals surface area contributed by atoms with Gasteiger partial charge >= 0.3 is 0 Å². The molecule has 0 aliphatic heterocycles. The maximum Gasteiger partial charge on any atom is 0.246 e. The topological polar surface area (TPSA) is 69.0 Å². The molecule has 0 spiro atoms. The molecule has 0 fully saturated rings. The molecule has 2 aromatic carbocycles. The number of carbonyl (C=O) groups is 1. The summed E-state index contributed by atoms with van der Waals surface area (Å²) in [7, 11) is 0. The van der Waals surface area contributed by atoms with Gasteiger partial charge in [0.05, 0.1) is 0 Å². The van der Waals surface area contributed by atoms with Crippen molar-refractivity contribution in [2.75, 3.05) is 5.32 Å². The van der Waals surface area contributed by atoms with Crippen molar-refractivity contribution in [2.24, 2.45) is 0 Å². The van der Waals surface area contributed by atoms with E-state index in [4.69, 9.17) is 4.74 Å². The van der Waals surface area contributed by atoms with E-state index in [1.54, 1.807) is 12.1 Å². The van der Waals surface area contributed by atoms with Gasteiger partial charge in [-0.15, -0.1) is 0 Å². The van der Waals surface area contributed by atoms with Crippen molar-refractivity contribution in [2.45, 2.75) is 13.5 Å². The van der Waals surface area contributed by atoms with E-state index in [1.165, 1.54) is 22.9 Å². The van der Waals surface area contributed by atoms with E-state index in [0.717, 1.165) is 5.75 Å². The fraction of sp³-hybridized carbons (Fsp3) is 0.118. The molecule has 0 unspecified atom stereocenters. The number of nitrogens with zero attached hydrogens (tertiary/aromatic N) is 3. The molecule has 0 aliphatic carbocycles. The average molecular weight is 308 g/mol. The number of amides is 1. The van der Waals surface area contributed by atoms with Crippen LogP contribution in [0.3, 0.4) is 0 Å². The van der Waals surface area contributed by atoms with Crippen LogP contribution in [0, 0.1) is 6.92 Å². The minimum atomic E-state index is -0.164. The zero-order chi connectivity index (χ0) is 16.1. The Labute approximate surface area is 133 Å². The molecule has 3 rings (SSSR count).